The molecule has 1 aromatic carbocycles. The van der Waals surface area contributed by atoms with Gasteiger partial charge in [0, 0.05) is 5.02 Å². The van der Waals surface area contributed by atoms with Crippen molar-refractivity contribution < 1.29 is 9.53 Å². The Kier molecular flexibility index (Phi) is 4.99. The Balaban J connectivity index is 2.62. The summed E-state index contributed by atoms with van der Waals surface area (Å²) < 4.78 is 5.19. The molecule has 0 aliphatic carbocycles. The molecule has 0 aromatic heterocycles. The predicted molar refractivity (Wildman–Crippen MR) is 65.3 cm³/mol. The maximum absolute atomic E-state index is 11.7. The lowest BCUT2D eigenvalue weighted by atomic mass is 10.1. The number of aliphatic imine (C=N–C) groups is 1. The van der Waals surface area contributed by atoms with Gasteiger partial charge in [0.25, 0.3) is 0 Å². The quantitative estimate of drug-likeness (QED) is 0.450. The number of halogens is 1. The van der Waals surface area contributed by atoms with Crippen molar-refractivity contribution in [2.45, 2.75) is 13.3 Å². The van der Waals surface area contributed by atoms with Gasteiger partial charge in [-0.15, -0.1) is 0 Å². The van der Waals surface area contributed by atoms with Gasteiger partial charge in [-0.1, -0.05) is 18.5 Å². The Morgan fingerprint density at radius 2 is 2.12 bits per heavy atom. The van der Waals surface area contributed by atoms with Gasteiger partial charge in [-0.05, 0) is 37.4 Å². The van der Waals surface area contributed by atoms with Crippen molar-refractivity contribution >= 4 is 24.3 Å². The van der Waals surface area contributed by atoms with Crippen molar-refractivity contribution in [2.24, 2.45) is 10.9 Å². The Morgan fingerprint density at radius 3 is 2.62 bits per heavy atom. The van der Waals surface area contributed by atoms with Crippen LogP contribution in [0.25, 0.3) is 0 Å². The number of carbonyl (C=O) groups is 1. The minimum atomic E-state index is -0.280. The summed E-state index contributed by atoms with van der Waals surface area (Å²) in [5, 5.41) is 0.611. The first-order valence-electron chi connectivity index (χ1n) is 5.07. The molecule has 0 saturated heterocycles. The molecule has 1 unspecified atom stereocenters. The SMILES string of the molecule is C=NCC(CC)C(=O)Oc1ccc(Cl)cc1. The van der Waals surface area contributed by atoms with Crippen LogP contribution in [0.4, 0.5) is 0 Å². The summed E-state index contributed by atoms with van der Waals surface area (Å²) in [4.78, 5) is 15.4. The molecule has 0 spiro atoms. The molecule has 0 heterocycles. The molecule has 1 rings (SSSR count). The van der Waals surface area contributed by atoms with Crippen molar-refractivity contribution in [1.82, 2.24) is 0 Å². The summed E-state index contributed by atoms with van der Waals surface area (Å²) >= 11 is 5.72. The van der Waals surface area contributed by atoms with E-state index in [4.69, 9.17) is 16.3 Å². The van der Waals surface area contributed by atoms with E-state index in [0.29, 0.717) is 23.7 Å². The zero-order valence-electron chi connectivity index (χ0n) is 9.15. The van der Waals surface area contributed by atoms with Gasteiger partial charge in [-0.3, -0.25) is 4.79 Å². The molecule has 1 aromatic rings. The van der Waals surface area contributed by atoms with Crippen LogP contribution in [-0.4, -0.2) is 19.2 Å². The number of esters is 1. The fourth-order valence-electron chi connectivity index (χ4n) is 1.23. The summed E-state index contributed by atoms with van der Waals surface area (Å²) in [6, 6.07) is 6.68. The number of ether oxygens (including phenoxy) is 1. The van der Waals surface area contributed by atoms with E-state index in [9.17, 15) is 4.79 Å². The first-order chi connectivity index (χ1) is 7.67. The second-order valence-electron chi connectivity index (χ2n) is 3.39. The Labute approximate surface area is 100 Å². The molecule has 0 amide bonds. The highest BCUT2D eigenvalue weighted by molar-refractivity contribution is 6.30. The molecular formula is C12H14ClNO2. The molecule has 16 heavy (non-hydrogen) atoms. The first kappa shape index (κ1) is 12.7. The third-order valence-electron chi connectivity index (χ3n) is 2.21. The number of carbonyl (C=O) groups excluding carboxylic acids is 1. The average molecular weight is 240 g/mol. The van der Waals surface area contributed by atoms with Gasteiger partial charge >= 0.3 is 5.97 Å². The largest absolute Gasteiger partial charge is 0.426 e. The molecule has 86 valence electrons. The Hall–Kier alpha value is -1.35. The minimum absolute atomic E-state index is 0.229. The summed E-state index contributed by atoms with van der Waals surface area (Å²) in [6.45, 7) is 5.68. The van der Waals surface area contributed by atoms with Crippen molar-refractivity contribution in [3.8, 4) is 5.75 Å². The predicted octanol–water partition coefficient (Wildman–Crippen LogP) is 2.97. The van der Waals surface area contributed by atoms with E-state index in [0.717, 1.165) is 0 Å². The molecule has 3 nitrogen and oxygen atoms in total. The van der Waals surface area contributed by atoms with Crippen LogP contribution < -0.4 is 4.74 Å². The molecule has 1 atom stereocenters. The number of hydrogen-bond acceptors (Lipinski definition) is 3. The molecular weight excluding hydrogens is 226 g/mol. The van der Waals surface area contributed by atoms with Gasteiger partial charge in [0.15, 0.2) is 0 Å². The van der Waals surface area contributed by atoms with Crippen LogP contribution in [0.15, 0.2) is 29.3 Å². The smallest absolute Gasteiger partial charge is 0.316 e. The molecule has 0 saturated carbocycles. The summed E-state index contributed by atoms with van der Waals surface area (Å²) in [7, 11) is 0. The van der Waals surface area contributed by atoms with Gasteiger partial charge in [-0.25, -0.2) is 0 Å². The van der Waals surface area contributed by atoms with Crippen LogP contribution in [0.2, 0.25) is 5.02 Å². The number of rotatable bonds is 5. The van der Waals surface area contributed by atoms with Crippen molar-refractivity contribution in [2.75, 3.05) is 6.54 Å². The third kappa shape index (κ3) is 3.66. The standard InChI is InChI=1S/C12H14ClNO2/c1-3-9(8-14-2)12(15)16-11-6-4-10(13)5-7-11/h4-7,9H,2-3,8H2,1H3. The van der Waals surface area contributed by atoms with Crippen LogP contribution >= 0.6 is 11.6 Å². The van der Waals surface area contributed by atoms with Gasteiger partial charge in [0.2, 0.25) is 0 Å². The van der Waals surface area contributed by atoms with Crippen LogP contribution in [0, 0.1) is 5.92 Å². The van der Waals surface area contributed by atoms with Crippen molar-refractivity contribution in [1.29, 1.82) is 0 Å². The van der Waals surface area contributed by atoms with E-state index in [1.165, 1.54) is 0 Å². The van der Waals surface area contributed by atoms with E-state index in [2.05, 4.69) is 11.7 Å². The molecule has 0 N–H and O–H groups in total. The normalized spacial score (nSPS) is 11.9. The fourth-order valence-corrected chi connectivity index (χ4v) is 1.35. The first-order valence-corrected chi connectivity index (χ1v) is 5.45. The van der Waals surface area contributed by atoms with E-state index >= 15 is 0 Å². The van der Waals surface area contributed by atoms with Crippen molar-refractivity contribution in [3.63, 3.8) is 0 Å². The molecule has 0 bridgehead atoms. The molecule has 4 heteroatoms. The van der Waals surface area contributed by atoms with Crippen LogP contribution in [0.3, 0.4) is 0 Å². The Bertz CT molecular complexity index is 362. The van der Waals surface area contributed by atoms with Crippen LogP contribution in [-0.2, 0) is 4.79 Å². The van der Waals surface area contributed by atoms with E-state index in [1.807, 2.05) is 6.92 Å². The van der Waals surface area contributed by atoms with E-state index < -0.39 is 0 Å². The zero-order chi connectivity index (χ0) is 12.0. The van der Waals surface area contributed by atoms with Gasteiger partial charge in [0.1, 0.15) is 5.75 Å². The minimum Gasteiger partial charge on any atom is -0.426 e. The second kappa shape index (κ2) is 6.28. The lowest BCUT2D eigenvalue weighted by Gasteiger charge is -2.11. The summed E-state index contributed by atoms with van der Waals surface area (Å²) in [5.41, 5.74) is 0. The van der Waals surface area contributed by atoms with E-state index in [1.54, 1.807) is 24.3 Å². The second-order valence-corrected chi connectivity index (χ2v) is 3.82. The Morgan fingerprint density at radius 1 is 1.50 bits per heavy atom. The van der Waals surface area contributed by atoms with Gasteiger partial charge < -0.3 is 9.73 Å². The molecule has 0 aliphatic rings. The monoisotopic (exact) mass is 239 g/mol. The maximum atomic E-state index is 11.7. The molecule has 0 fully saturated rings. The van der Waals surface area contributed by atoms with Crippen LogP contribution in [0.5, 0.6) is 5.75 Å². The highest BCUT2D eigenvalue weighted by Crippen LogP contribution is 2.17. The highest BCUT2D eigenvalue weighted by Gasteiger charge is 2.17. The maximum Gasteiger partial charge on any atom is 0.316 e. The third-order valence-corrected chi connectivity index (χ3v) is 2.46. The molecule has 0 radical (unpaired) electrons. The number of benzene rings is 1. The topological polar surface area (TPSA) is 38.7 Å². The zero-order valence-corrected chi connectivity index (χ0v) is 9.91. The lowest BCUT2D eigenvalue weighted by Crippen LogP contribution is -2.22. The highest BCUT2D eigenvalue weighted by atomic mass is 35.5. The van der Waals surface area contributed by atoms with Crippen molar-refractivity contribution in [3.05, 3.63) is 29.3 Å². The lowest BCUT2D eigenvalue weighted by molar-refractivity contribution is -0.138. The summed E-state index contributed by atoms with van der Waals surface area (Å²) in [5.74, 6) is -0.0117. The van der Waals surface area contributed by atoms with Crippen LogP contribution in [0.1, 0.15) is 13.3 Å². The average Bonchev–Trinajstić information content (AvgIpc) is 2.29. The molecule has 0 aliphatic heterocycles. The van der Waals surface area contributed by atoms with Gasteiger partial charge in [0.05, 0.1) is 12.5 Å². The van der Waals surface area contributed by atoms with Gasteiger partial charge in [-0.2, -0.15) is 0 Å². The van der Waals surface area contributed by atoms with E-state index in [-0.39, 0.29) is 11.9 Å². The number of hydrogen-bond donors (Lipinski definition) is 0. The number of nitrogens with zero attached hydrogens (tertiary/aromatic N) is 1. The fraction of sp³-hybridized carbons (Fsp3) is 0.333. The summed E-state index contributed by atoms with van der Waals surface area (Å²) in [6.07, 6.45) is 0.686.